The van der Waals surface area contributed by atoms with Crippen molar-refractivity contribution in [2.75, 3.05) is 36.6 Å². The maximum Gasteiger partial charge on any atom is 1.00 e. The molecule has 1 aromatic heterocycles. The van der Waals surface area contributed by atoms with Crippen LogP contribution in [0.5, 0.6) is 5.75 Å². The molecule has 0 radical (unpaired) electrons. The van der Waals surface area contributed by atoms with Crippen LogP contribution in [0, 0.1) is 31.2 Å². The third-order valence-corrected chi connectivity index (χ3v) is 12.3. The normalized spacial score (nSPS) is 18.7. The zero-order valence-electron chi connectivity index (χ0n) is 37.3. The Hall–Kier alpha value is -4.18. The summed E-state index contributed by atoms with van der Waals surface area (Å²) >= 11 is 0. The van der Waals surface area contributed by atoms with Crippen LogP contribution >= 0.6 is 0 Å². The number of aryl methyl sites for hydroxylation is 1. The Morgan fingerprint density at radius 2 is 1.65 bits per heavy atom. The van der Waals surface area contributed by atoms with Crippen LogP contribution in [-0.4, -0.2) is 90.9 Å². The van der Waals surface area contributed by atoms with E-state index in [4.69, 9.17) is 36.0 Å². The molecular weight excluding hydrogens is 903 g/mol. The molecule has 23 heteroatoms. The van der Waals surface area contributed by atoms with Gasteiger partial charge in [-0.25, -0.2) is 41.1 Å². The molecule has 0 spiro atoms. The maximum absolute atomic E-state index is 14.2. The molecule has 1 fully saturated rings. The van der Waals surface area contributed by atoms with E-state index < -0.39 is 42.0 Å². The molecule has 2 N–H and O–H groups in total. The summed E-state index contributed by atoms with van der Waals surface area (Å²) in [6.07, 6.45) is 1.37. The zero-order chi connectivity index (χ0) is 45.8. The Kier molecular flexibility index (Phi) is 18.5. The fourth-order valence-electron chi connectivity index (χ4n) is 7.83. The van der Waals surface area contributed by atoms with Crippen LogP contribution in [0.15, 0.2) is 81.1 Å². The first-order chi connectivity index (χ1) is 29.8. The molecule has 2 heterocycles. The van der Waals surface area contributed by atoms with Crippen molar-refractivity contribution in [3.05, 3.63) is 89.2 Å². The van der Waals surface area contributed by atoms with Gasteiger partial charge in [0.1, 0.15) is 37.7 Å². The van der Waals surface area contributed by atoms with Crippen molar-refractivity contribution in [3.63, 3.8) is 0 Å². The molecule has 65 heavy (non-hydrogen) atoms. The number of likely N-dealkylation sites (N-methyl/N-ethyl adjacent to an activating group) is 1. The number of nitrogens with zero attached hydrogens (tertiary/aromatic N) is 6. The Labute approximate surface area is 422 Å². The van der Waals surface area contributed by atoms with Crippen molar-refractivity contribution in [2.45, 2.75) is 70.3 Å². The second-order valence-electron chi connectivity index (χ2n) is 15.5. The van der Waals surface area contributed by atoms with E-state index in [-0.39, 0.29) is 118 Å². The summed E-state index contributed by atoms with van der Waals surface area (Å²) in [6.45, 7) is 20.9. The molecule has 6 rings (SSSR count). The number of aliphatic imine (C=N–C) groups is 1. The quantitative estimate of drug-likeness (QED) is 0.0267. The topological polar surface area (TPSA) is 251 Å². The second-order valence-corrected chi connectivity index (χ2v) is 18.2. The number of carbonyl (C=O) groups is 2. The summed E-state index contributed by atoms with van der Waals surface area (Å²) in [7, 11) is -10.3. The minimum absolute atomic E-state index is 0. The van der Waals surface area contributed by atoms with Gasteiger partial charge in [-0.15, -0.1) is 5.10 Å². The molecule has 2 unspecified atom stereocenters. The van der Waals surface area contributed by atoms with E-state index in [1.807, 2.05) is 39.8 Å². The summed E-state index contributed by atoms with van der Waals surface area (Å²) in [5, 5.41) is 7.67. The van der Waals surface area contributed by atoms with Crippen LogP contribution in [0.3, 0.4) is 0 Å². The van der Waals surface area contributed by atoms with Gasteiger partial charge in [0.25, 0.3) is 0 Å². The van der Waals surface area contributed by atoms with Gasteiger partial charge in [0.15, 0.2) is 24.2 Å². The Morgan fingerprint density at radius 1 is 0.985 bits per heavy atom. The van der Waals surface area contributed by atoms with Gasteiger partial charge in [0, 0.05) is 43.5 Å². The van der Waals surface area contributed by atoms with Gasteiger partial charge in [-0.2, -0.15) is 5.48 Å². The van der Waals surface area contributed by atoms with Crippen LogP contribution in [0.2, 0.25) is 0 Å². The predicted octanol–water partition coefficient (Wildman–Crippen LogP) is -0.752. The number of hydrogen-bond acceptors (Lipinski definition) is 17. The number of esters is 1. The summed E-state index contributed by atoms with van der Waals surface area (Å²) in [5.41, 5.74) is 5.56. The molecule has 4 aromatic rings. The van der Waals surface area contributed by atoms with E-state index in [9.17, 15) is 35.5 Å². The van der Waals surface area contributed by atoms with Crippen molar-refractivity contribution in [3.8, 4) is 17.1 Å². The van der Waals surface area contributed by atoms with E-state index in [2.05, 4.69) is 27.5 Å². The average molecular weight is 949 g/mol. The number of carbonyl (C=O) groups excluding carboxylic acids is 2. The van der Waals surface area contributed by atoms with Gasteiger partial charge < -0.3 is 33.6 Å². The van der Waals surface area contributed by atoms with Crippen molar-refractivity contribution in [1.29, 1.82) is 0 Å². The second kappa shape index (κ2) is 22.5. The standard InChI is InChI=1S/C42H48N8O11S2.2Na/c1-8-49(15-14-45-61-28(6)51)31-12-13-35(25(3)18-31)46-41-37(43-7)36(42(52)60-38-26(4)16-24(2)17-27(38)5)40-47-39(48-50(40)41)29-10-9-11-30(19-29)44-23-59-32-20-33(62(53,54)55)22-34(21-32)63(56,57)58;;/h9-13,18-22,24,26-27,38,44-45H,8,14-17,23H2,1-6H3,(H,53,54,55)(H,56,57,58);;/q;2*+1/p-2. The maximum atomic E-state index is 14.2. The molecular formula is C42H46N8Na2O11S2. The molecule has 0 amide bonds. The van der Waals surface area contributed by atoms with Crippen molar-refractivity contribution < 1.29 is 109 Å². The summed E-state index contributed by atoms with van der Waals surface area (Å²) < 4.78 is 82.8. The van der Waals surface area contributed by atoms with Gasteiger partial charge in [0.05, 0.1) is 22.1 Å². The average Bonchev–Trinajstić information content (AvgIpc) is 3.76. The van der Waals surface area contributed by atoms with Crippen LogP contribution in [0.1, 0.15) is 58.8 Å². The number of allylic oxidation sites excluding steroid dienone is 1. The van der Waals surface area contributed by atoms with E-state index in [1.165, 1.54) is 11.6 Å². The molecule has 19 nitrogen and oxygen atoms in total. The number of aromatic nitrogens is 3. The van der Waals surface area contributed by atoms with Gasteiger partial charge in [-0.05, 0) is 98.5 Å². The molecule has 0 bridgehead atoms. The van der Waals surface area contributed by atoms with E-state index >= 15 is 0 Å². The van der Waals surface area contributed by atoms with E-state index in [0.29, 0.717) is 48.6 Å². The number of hydrogen-bond donors (Lipinski definition) is 2. The fraction of sp³-hybridized carbons (Fsp3) is 0.381. The minimum Gasteiger partial charge on any atom is -0.744 e. The number of nitrogens with one attached hydrogen (secondary N) is 2. The Morgan fingerprint density at radius 3 is 2.23 bits per heavy atom. The monoisotopic (exact) mass is 948 g/mol. The Bertz CT molecular complexity index is 2700. The third kappa shape index (κ3) is 13.0. The predicted molar refractivity (Wildman–Crippen MR) is 228 cm³/mol. The summed E-state index contributed by atoms with van der Waals surface area (Å²) in [4.78, 5) is 43.8. The number of anilines is 2. The smallest absolute Gasteiger partial charge is 0.744 e. The number of rotatable bonds is 16. The van der Waals surface area contributed by atoms with Crippen LogP contribution < -0.4 is 79.5 Å². The van der Waals surface area contributed by atoms with Crippen LogP contribution in [-0.2, 0) is 39.4 Å². The fourth-order valence-corrected chi connectivity index (χ4v) is 8.97. The first kappa shape index (κ1) is 53.4. The molecule has 1 aliphatic carbocycles. The van der Waals surface area contributed by atoms with Crippen molar-refractivity contribution in [2.24, 2.45) is 22.7 Å². The van der Waals surface area contributed by atoms with Crippen molar-refractivity contribution >= 4 is 60.6 Å². The van der Waals surface area contributed by atoms with Gasteiger partial charge >= 0.3 is 71.1 Å². The van der Waals surface area contributed by atoms with Gasteiger partial charge in [0.2, 0.25) is 5.70 Å². The van der Waals surface area contributed by atoms with E-state index in [0.717, 1.165) is 36.2 Å². The Balaban J connectivity index is 0.00000462. The minimum atomic E-state index is -5.13. The van der Waals surface area contributed by atoms with Crippen LogP contribution in [0.25, 0.3) is 21.8 Å². The molecule has 2 aliphatic rings. The zero-order valence-corrected chi connectivity index (χ0v) is 42.9. The van der Waals surface area contributed by atoms with Crippen LogP contribution in [0.4, 0.5) is 17.1 Å². The number of hydroxylamine groups is 1. The van der Waals surface area contributed by atoms with E-state index in [1.54, 1.807) is 30.3 Å². The molecule has 334 valence electrons. The summed E-state index contributed by atoms with van der Waals surface area (Å²) in [5.74, 6) is -0.588. The molecule has 3 aromatic carbocycles. The molecule has 1 saturated carbocycles. The third-order valence-electron chi connectivity index (χ3n) is 10.6. The van der Waals surface area contributed by atoms with Gasteiger partial charge in [-0.1, -0.05) is 32.9 Å². The molecule has 2 atom stereocenters. The van der Waals surface area contributed by atoms with Crippen molar-refractivity contribution in [1.82, 2.24) is 20.2 Å². The number of fused-ring (bicyclic) bond motifs is 1. The van der Waals surface area contributed by atoms with Gasteiger partial charge in [-0.3, -0.25) is 4.79 Å². The molecule has 1 aliphatic heterocycles. The molecule has 0 saturated heterocycles. The SMILES string of the molecule is [C-]#[N+]C1=C(C(=O)OC2C(C)CC(C)CC2C)c2nc(-c3cccc(NCOc4cc(S(=O)(=O)[O-])cc(S(=O)(=O)[O-])c4)c3)nn2C1=Nc1ccc(N(CC)CCNOC(C)=O)cc1C.[Na+].[Na+]. The first-order valence-corrected chi connectivity index (χ1v) is 22.8. The number of ether oxygens (including phenoxy) is 2. The largest absolute Gasteiger partial charge is 1.00 e. The number of benzene rings is 3. The summed E-state index contributed by atoms with van der Waals surface area (Å²) in [6, 6.07) is 14.4. The first-order valence-electron chi connectivity index (χ1n) is 20.0.